The predicted octanol–water partition coefficient (Wildman–Crippen LogP) is 3.90. The van der Waals surface area contributed by atoms with Gasteiger partial charge >= 0.3 is 0 Å². The molecule has 20 heavy (non-hydrogen) atoms. The fraction of sp³-hybridized carbons (Fsp3) is 0.353. The second-order valence-corrected chi connectivity index (χ2v) is 5.39. The first-order valence-electron chi connectivity index (χ1n) is 7.25. The number of nitrogens with two attached hydrogens (primary N) is 1. The second kappa shape index (κ2) is 5.95. The van der Waals surface area contributed by atoms with Crippen LogP contribution < -0.4 is 10.5 Å². The molecule has 0 bridgehead atoms. The zero-order chi connectivity index (χ0) is 13.8. The SMILES string of the molecule is Nc1ncccc1COc1ccc(C2CCCC2)cc1. The summed E-state index contributed by atoms with van der Waals surface area (Å²) in [7, 11) is 0. The van der Waals surface area contributed by atoms with Crippen molar-refractivity contribution < 1.29 is 4.74 Å². The molecule has 3 heteroatoms. The summed E-state index contributed by atoms with van der Waals surface area (Å²) in [4.78, 5) is 4.06. The lowest BCUT2D eigenvalue weighted by Crippen LogP contribution is -2.02. The number of pyridine rings is 1. The number of ether oxygens (including phenoxy) is 1. The third kappa shape index (κ3) is 2.93. The number of aromatic nitrogens is 1. The van der Waals surface area contributed by atoms with E-state index < -0.39 is 0 Å². The Morgan fingerprint density at radius 3 is 2.55 bits per heavy atom. The van der Waals surface area contributed by atoms with Crippen LogP contribution in [0.15, 0.2) is 42.6 Å². The van der Waals surface area contributed by atoms with Crippen molar-refractivity contribution in [2.45, 2.75) is 38.2 Å². The van der Waals surface area contributed by atoms with Crippen molar-refractivity contribution in [3.05, 3.63) is 53.7 Å². The summed E-state index contributed by atoms with van der Waals surface area (Å²) < 4.78 is 5.77. The van der Waals surface area contributed by atoms with E-state index >= 15 is 0 Å². The van der Waals surface area contributed by atoms with Crippen LogP contribution in [0.2, 0.25) is 0 Å². The standard InChI is InChI=1S/C17H20N2O/c18-17-15(6-3-11-19-17)12-20-16-9-7-14(8-10-16)13-4-1-2-5-13/h3,6-11,13H,1-2,4-5,12H2,(H2,18,19). The third-order valence-electron chi connectivity index (χ3n) is 4.03. The van der Waals surface area contributed by atoms with E-state index in [2.05, 4.69) is 29.2 Å². The molecule has 1 fully saturated rings. The molecular formula is C17H20N2O. The van der Waals surface area contributed by atoms with E-state index in [1.807, 2.05) is 12.1 Å². The molecule has 1 aliphatic rings. The van der Waals surface area contributed by atoms with Gasteiger partial charge in [-0.1, -0.05) is 31.0 Å². The first-order valence-corrected chi connectivity index (χ1v) is 7.25. The predicted molar refractivity (Wildman–Crippen MR) is 80.6 cm³/mol. The highest BCUT2D eigenvalue weighted by Crippen LogP contribution is 2.34. The lowest BCUT2D eigenvalue weighted by molar-refractivity contribution is 0.306. The van der Waals surface area contributed by atoms with Crippen LogP contribution in [0.5, 0.6) is 5.75 Å². The molecule has 104 valence electrons. The van der Waals surface area contributed by atoms with Crippen LogP contribution in [0.3, 0.4) is 0 Å². The van der Waals surface area contributed by atoms with Crippen LogP contribution in [0.25, 0.3) is 0 Å². The Bertz CT molecular complexity index is 559. The highest BCUT2D eigenvalue weighted by Gasteiger charge is 2.16. The minimum absolute atomic E-state index is 0.461. The quantitative estimate of drug-likeness (QED) is 0.914. The monoisotopic (exact) mass is 268 g/mol. The van der Waals surface area contributed by atoms with Gasteiger partial charge in [-0.25, -0.2) is 4.98 Å². The largest absolute Gasteiger partial charge is 0.489 e. The Balaban J connectivity index is 1.62. The summed E-state index contributed by atoms with van der Waals surface area (Å²) in [6.07, 6.45) is 7.07. The Morgan fingerprint density at radius 2 is 1.85 bits per heavy atom. The van der Waals surface area contributed by atoms with Gasteiger partial charge in [-0.2, -0.15) is 0 Å². The summed E-state index contributed by atoms with van der Waals surface area (Å²) in [5.74, 6) is 2.17. The zero-order valence-electron chi connectivity index (χ0n) is 11.6. The van der Waals surface area contributed by atoms with Gasteiger partial charge in [0, 0.05) is 11.8 Å². The van der Waals surface area contributed by atoms with E-state index in [9.17, 15) is 0 Å². The highest BCUT2D eigenvalue weighted by atomic mass is 16.5. The van der Waals surface area contributed by atoms with E-state index in [1.165, 1.54) is 31.2 Å². The van der Waals surface area contributed by atoms with E-state index in [-0.39, 0.29) is 0 Å². The summed E-state index contributed by atoms with van der Waals surface area (Å²) in [5, 5.41) is 0. The summed E-state index contributed by atoms with van der Waals surface area (Å²) in [5.41, 5.74) is 8.16. The highest BCUT2D eigenvalue weighted by molar-refractivity contribution is 5.38. The maximum atomic E-state index is 5.80. The first kappa shape index (κ1) is 13.0. The molecule has 2 aromatic rings. The average molecular weight is 268 g/mol. The van der Waals surface area contributed by atoms with Gasteiger partial charge in [-0.15, -0.1) is 0 Å². The number of benzene rings is 1. The summed E-state index contributed by atoms with van der Waals surface area (Å²) in [6, 6.07) is 12.3. The van der Waals surface area contributed by atoms with Crippen LogP contribution in [-0.2, 0) is 6.61 Å². The lowest BCUT2D eigenvalue weighted by Gasteiger charge is -2.11. The molecule has 0 amide bonds. The molecule has 0 unspecified atom stereocenters. The number of nitrogens with zero attached hydrogens (tertiary/aromatic N) is 1. The molecule has 0 radical (unpaired) electrons. The van der Waals surface area contributed by atoms with Crippen molar-refractivity contribution in [3.63, 3.8) is 0 Å². The van der Waals surface area contributed by atoms with Gasteiger partial charge in [-0.3, -0.25) is 0 Å². The molecule has 1 heterocycles. The minimum Gasteiger partial charge on any atom is -0.489 e. The van der Waals surface area contributed by atoms with Crippen molar-refractivity contribution in [1.29, 1.82) is 0 Å². The first-order chi connectivity index (χ1) is 9.83. The Labute approximate surface area is 119 Å². The topological polar surface area (TPSA) is 48.1 Å². The van der Waals surface area contributed by atoms with Gasteiger partial charge in [0.1, 0.15) is 18.2 Å². The van der Waals surface area contributed by atoms with Gasteiger partial charge in [0.15, 0.2) is 0 Å². The average Bonchev–Trinajstić information content (AvgIpc) is 3.01. The van der Waals surface area contributed by atoms with E-state index in [4.69, 9.17) is 10.5 Å². The molecule has 2 N–H and O–H groups in total. The van der Waals surface area contributed by atoms with Crippen molar-refractivity contribution in [3.8, 4) is 5.75 Å². The van der Waals surface area contributed by atoms with Gasteiger partial charge in [0.25, 0.3) is 0 Å². The smallest absolute Gasteiger partial charge is 0.129 e. The molecule has 0 saturated heterocycles. The van der Waals surface area contributed by atoms with Crippen molar-refractivity contribution in [1.82, 2.24) is 4.98 Å². The molecule has 3 nitrogen and oxygen atoms in total. The van der Waals surface area contributed by atoms with Crippen molar-refractivity contribution in [2.75, 3.05) is 5.73 Å². The van der Waals surface area contributed by atoms with Gasteiger partial charge < -0.3 is 10.5 Å². The number of hydrogen-bond acceptors (Lipinski definition) is 3. The molecule has 1 aliphatic carbocycles. The maximum absolute atomic E-state index is 5.80. The fourth-order valence-corrected chi connectivity index (χ4v) is 2.83. The Morgan fingerprint density at radius 1 is 1.10 bits per heavy atom. The summed E-state index contributed by atoms with van der Waals surface area (Å²) >= 11 is 0. The van der Waals surface area contributed by atoms with Gasteiger partial charge in [0.2, 0.25) is 0 Å². The molecule has 3 rings (SSSR count). The minimum atomic E-state index is 0.461. The van der Waals surface area contributed by atoms with E-state index in [0.29, 0.717) is 12.4 Å². The van der Waals surface area contributed by atoms with Crippen LogP contribution in [0, 0.1) is 0 Å². The van der Waals surface area contributed by atoms with Crippen LogP contribution in [-0.4, -0.2) is 4.98 Å². The zero-order valence-corrected chi connectivity index (χ0v) is 11.6. The fourth-order valence-electron chi connectivity index (χ4n) is 2.83. The lowest BCUT2D eigenvalue weighted by atomic mass is 9.98. The van der Waals surface area contributed by atoms with Crippen LogP contribution >= 0.6 is 0 Å². The van der Waals surface area contributed by atoms with E-state index in [0.717, 1.165) is 17.2 Å². The normalized spacial score (nSPS) is 15.4. The Kier molecular flexibility index (Phi) is 3.86. The van der Waals surface area contributed by atoms with Crippen LogP contribution in [0.1, 0.15) is 42.7 Å². The molecular weight excluding hydrogens is 248 g/mol. The number of nitrogen functional groups attached to an aromatic ring is 1. The number of rotatable bonds is 4. The molecule has 0 atom stereocenters. The van der Waals surface area contributed by atoms with Gasteiger partial charge in [-0.05, 0) is 42.5 Å². The molecule has 0 spiro atoms. The molecule has 1 aromatic carbocycles. The Hall–Kier alpha value is -2.03. The molecule has 1 saturated carbocycles. The van der Waals surface area contributed by atoms with Gasteiger partial charge in [0.05, 0.1) is 0 Å². The van der Waals surface area contributed by atoms with Crippen LogP contribution in [0.4, 0.5) is 5.82 Å². The number of anilines is 1. The molecule has 1 aromatic heterocycles. The number of hydrogen-bond donors (Lipinski definition) is 1. The summed E-state index contributed by atoms with van der Waals surface area (Å²) in [6.45, 7) is 0.461. The third-order valence-corrected chi connectivity index (χ3v) is 4.03. The van der Waals surface area contributed by atoms with Crippen molar-refractivity contribution in [2.24, 2.45) is 0 Å². The maximum Gasteiger partial charge on any atom is 0.129 e. The van der Waals surface area contributed by atoms with Crippen molar-refractivity contribution >= 4 is 5.82 Å². The second-order valence-electron chi connectivity index (χ2n) is 5.39. The molecule has 0 aliphatic heterocycles. The van der Waals surface area contributed by atoms with E-state index in [1.54, 1.807) is 6.20 Å².